The van der Waals surface area contributed by atoms with Crippen LogP contribution in [0.25, 0.3) is 0 Å². The molecule has 3 nitrogen and oxygen atoms in total. The zero-order valence-electron chi connectivity index (χ0n) is 13.3. The van der Waals surface area contributed by atoms with Gasteiger partial charge in [-0.25, -0.2) is 0 Å². The predicted molar refractivity (Wildman–Crippen MR) is 86.2 cm³/mol. The summed E-state index contributed by atoms with van der Waals surface area (Å²) in [5.74, 6) is 0.591. The van der Waals surface area contributed by atoms with Crippen LogP contribution in [0.5, 0.6) is 0 Å². The van der Waals surface area contributed by atoms with E-state index in [1.165, 1.54) is 5.56 Å². The van der Waals surface area contributed by atoms with Gasteiger partial charge < -0.3 is 5.32 Å². The Labute approximate surface area is 123 Å². The highest BCUT2D eigenvalue weighted by Gasteiger charge is 2.09. The standard InChI is InChI=1S/C17H28N2O/c1-5-11-19(12-6-2)13-17(20)18-16-9-7-15(8-10-16)14(3)4/h7-10,14H,5-6,11-13H2,1-4H3,(H,18,20). The number of nitrogens with one attached hydrogen (secondary N) is 1. The van der Waals surface area contributed by atoms with Gasteiger partial charge in [-0.15, -0.1) is 0 Å². The second-order valence-electron chi connectivity index (χ2n) is 5.60. The van der Waals surface area contributed by atoms with Crippen LogP contribution >= 0.6 is 0 Å². The van der Waals surface area contributed by atoms with Crippen molar-refractivity contribution in [2.45, 2.75) is 46.5 Å². The summed E-state index contributed by atoms with van der Waals surface area (Å²) in [7, 11) is 0. The Balaban J connectivity index is 2.52. The van der Waals surface area contributed by atoms with E-state index in [0.717, 1.165) is 31.6 Å². The Bertz CT molecular complexity index is 392. The second kappa shape index (κ2) is 8.75. The molecule has 0 saturated carbocycles. The van der Waals surface area contributed by atoms with Crippen molar-refractivity contribution in [3.63, 3.8) is 0 Å². The van der Waals surface area contributed by atoms with Crippen LogP contribution in [-0.2, 0) is 4.79 Å². The number of nitrogens with zero attached hydrogens (tertiary/aromatic N) is 1. The molecule has 1 rings (SSSR count). The molecule has 0 bridgehead atoms. The van der Waals surface area contributed by atoms with Crippen molar-refractivity contribution in [2.24, 2.45) is 0 Å². The first-order chi connectivity index (χ1) is 9.56. The number of benzene rings is 1. The zero-order chi connectivity index (χ0) is 15.0. The Morgan fingerprint density at radius 3 is 2.10 bits per heavy atom. The van der Waals surface area contributed by atoms with Gasteiger partial charge in [0, 0.05) is 5.69 Å². The molecular formula is C17H28N2O. The summed E-state index contributed by atoms with van der Waals surface area (Å²) in [6.07, 6.45) is 2.16. The van der Waals surface area contributed by atoms with Crippen molar-refractivity contribution in [3.8, 4) is 0 Å². The van der Waals surface area contributed by atoms with Crippen molar-refractivity contribution in [2.75, 3.05) is 25.0 Å². The third-order valence-electron chi connectivity index (χ3n) is 3.31. The first kappa shape index (κ1) is 16.7. The van der Waals surface area contributed by atoms with E-state index in [2.05, 4.69) is 50.0 Å². The Morgan fingerprint density at radius 1 is 1.10 bits per heavy atom. The third-order valence-corrected chi connectivity index (χ3v) is 3.31. The topological polar surface area (TPSA) is 32.3 Å². The van der Waals surface area contributed by atoms with Gasteiger partial charge in [-0.1, -0.05) is 39.8 Å². The van der Waals surface area contributed by atoms with E-state index in [-0.39, 0.29) is 5.91 Å². The summed E-state index contributed by atoms with van der Waals surface area (Å²) in [5, 5.41) is 2.97. The predicted octanol–water partition coefficient (Wildman–Crippen LogP) is 3.87. The molecule has 3 heteroatoms. The van der Waals surface area contributed by atoms with Crippen LogP contribution in [0.15, 0.2) is 24.3 Å². The average Bonchev–Trinajstić information content (AvgIpc) is 2.39. The maximum absolute atomic E-state index is 12.0. The molecule has 0 aromatic heterocycles. The van der Waals surface area contributed by atoms with Crippen LogP contribution in [0.4, 0.5) is 5.69 Å². The Hall–Kier alpha value is -1.35. The van der Waals surface area contributed by atoms with E-state index in [1.54, 1.807) is 0 Å². The first-order valence-electron chi connectivity index (χ1n) is 7.69. The maximum Gasteiger partial charge on any atom is 0.238 e. The van der Waals surface area contributed by atoms with Crippen molar-refractivity contribution in [1.82, 2.24) is 4.90 Å². The summed E-state index contributed by atoms with van der Waals surface area (Å²) < 4.78 is 0. The molecule has 0 radical (unpaired) electrons. The maximum atomic E-state index is 12.0. The van der Waals surface area contributed by atoms with Gasteiger partial charge in [-0.05, 0) is 49.5 Å². The van der Waals surface area contributed by atoms with Crippen LogP contribution < -0.4 is 5.32 Å². The molecule has 0 spiro atoms. The molecular weight excluding hydrogens is 248 g/mol. The minimum absolute atomic E-state index is 0.0733. The van der Waals surface area contributed by atoms with E-state index in [9.17, 15) is 4.79 Å². The van der Waals surface area contributed by atoms with E-state index >= 15 is 0 Å². The number of hydrogen-bond donors (Lipinski definition) is 1. The summed E-state index contributed by atoms with van der Waals surface area (Å²) in [4.78, 5) is 14.2. The molecule has 20 heavy (non-hydrogen) atoms. The first-order valence-corrected chi connectivity index (χ1v) is 7.69. The molecule has 0 aliphatic rings. The van der Waals surface area contributed by atoms with Crippen LogP contribution in [0, 0.1) is 0 Å². The zero-order valence-corrected chi connectivity index (χ0v) is 13.3. The number of carbonyl (C=O) groups is 1. The molecule has 0 saturated heterocycles. The normalized spacial score (nSPS) is 11.1. The molecule has 1 aromatic carbocycles. The van der Waals surface area contributed by atoms with Gasteiger partial charge in [-0.2, -0.15) is 0 Å². The highest BCUT2D eigenvalue weighted by atomic mass is 16.2. The number of rotatable bonds is 8. The van der Waals surface area contributed by atoms with E-state index in [0.29, 0.717) is 12.5 Å². The van der Waals surface area contributed by atoms with Gasteiger partial charge in [0.25, 0.3) is 0 Å². The molecule has 0 unspecified atom stereocenters. The highest BCUT2D eigenvalue weighted by Crippen LogP contribution is 2.17. The number of amides is 1. The molecule has 0 aliphatic heterocycles. The van der Waals surface area contributed by atoms with Crippen LogP contribution in [0.3, 0.4) is 0 Å². The molecule has 112 valence electrons. The van der Waals surface area contributed by atoms with Gasteiger partial charge >= 0.3 is 0 Å². The average molecular weight is 276 g/mol. The number of carbonyl (C=O) groups excluding carboxylic acids is 1. The van der Waals surface area contributed by atoms with Gasteiger partial charge in [0.05, 0.1) is 6.54 Å². The SMILES string of the molecule is CCCN(CCC)CC(=O)Nc1ccc(C(C)C)cc1. The Kier molecular flexibility index (Phi) is 7.31. The van der Waals surface area contributed by atoms with Crippen LogP contribution in [-0.4, -0.2) is 30.4 Å². The fourth-order valence-corrected chi connectivity index (χ4v) is 2.26. The quantitative estimate of drug-likeness (QED) is 0.781. The van der Waals surface area contributed by atoms with Gasteiger partial charge in [0.2, 0.25) is 5.91 Å². The molecule has 0 atom stereocenters. The summed E-state index contributed by atoms with van der Waals surface area (Å²) in [6.45, 7) is 11.1. The minimum Gasteiger partial charge on any atom is -0.325 e. The van der Waals surface area contributed by atoms with Gasteiger partial charge in [0.1, 0.15) is 0 Å². The lowest BCUT2D eigenvalue weighted by molar-refractivity contribution is -0.117. The van der Waals surface area contributed by atoms with E-state index in [4.69, 9.17) is 0 Å². The minimum atomic E-state index is 0.0733. The fourth-order valence-electron chi connectivity index (χ4n) is 2.26. The summed E-state index contributed by atoms with van der Waals surface area (Å²) in [6, 6.07) is 8.13. The summed E-state index contributed by atoms with van der Waals surface area (Å²) in [5.41, 5.74) is 2.17. The fraction of sp³-hybridized carbons (Fsp3) is 0.588. The van der Waals surface area contributed by atoms with Crippen LogP contribution in [0.1, 0.15) is 52.0 Å². The summed E-state index contributed by atoms with van der Waals surface area (Å²) >= 11 is 0. The van der Waals surface area contributed by atoms with Crippen molar-refractivity contribution < 1.29 is 4.79 Å². The second-order valence-corrected chi connectivity index (χ2v) is 5.60. The third kappa shape index (κ3) is 5.74. The van der Waals surface area contributed by atoms with Crippen molar-refractivity contribution in [3.05, 3.63) is 29.8 Å². The smallest absolute Gasteiger partial charge is 0.238 e. The van der Waals surface area contributed by atoms with Gasteiger partial charge in [0.15, 0.2) is 0 Å². The van der Waals surface area contributed by atoms with Crippen molar-refractivity contribution >= 4 is 11.6 Å². The molecule has 1 N–H and O–H groups in total. The molecule has 0 fully saturated rings. The molecule has 0 heterocycles. The van der Waals surface area contributed by atoms with E-state index in [1.807, 2.05) is 12.1 Å². The largest absolute Gasteiger partial charge is 0.325 e. The lowest BCUT2D eigenvalue weighted by Crippen LogP contribution is -2.34. The van der Waals surface area contributed by atoms with E-state index < -0.39 is 0 Å². The highest BCUT2D eigenvalue weighted by molar-refractivity contribution is 5.92. The number of hydrogen-bond acceptors (Lipinski definition) is 2. The van der Waals surface area contributed by atoms with Gasteiger partial charge in [-0.3, -0.25) is 9.69 Å². The number of anilines is 1. The van der Waals surface area contributed by atoms with Crippen LogP contribution in [0.2, 0.25) is 0 Å². The lowest BCUT2D eigenvalue weighted by Gasteiger charge is -2.20. The van der Waals surface area contributed by atoms with Crippen molar-refractivity contribution in [1.29, 1.82) is 0 Å². The lowest BCUT2D eigenvalue weighted by atomic mass is 10.0. The molecule has 1 amide bonds. The molecule has 1 aromatic rings. The Morgan fingerprint density at radius 2 is 1.65 bits per heavy atom. The monoisotopic (exact) mass is 276 g/mol. The molecule has 0 aliphatic carbocycles.